The zero-order valence-electron chi connectivity index (χ0n) is 12.8. The Balaban J connectivity index is 1.72. The van der Waals surface area contributed by atoms with Crippen LogP contribution in [0.2, 0.25) is 0 Å². The summed E-state index contributed by atoms with van der Waals surface area (Å²) in [5.74, 6) is 2.63. The minimum absolute atomic E-state index is 0.699. The lowest BCUT2D eigenvalue weighted by atomic mass is 10.0. The Kier molecular flexibility index (Phi) is 5.44. The van der Waals surface area contributed by atoms with Crippen molar-refractivity contribution in [2.45, 2.75) is 52.5 Å². The minimum Gasteiger partial charge on any atom is -0.361 e. The van der Waals surface area contributed by atoms with Gasteiger partial charge < -0.3 is 15.2 Å². The summed E-state index contributed by atoms with van der Waals surface area (Å²) >= 11 is 0. The number of hydrogen-bond donors (Lipinski definition) is 2. The Morgan fingerprint density at radius 2 is 2.05 bits per heavy atom. The molecule has 0 amide bonds. The highest BCUT2D eigenvalue weighted by atomic mass is 16.5. The van der Waals surface area contributed by atoms with Crippen molar-refractivity contribution >= 4 is 5.96 Å². The first-order valence-electron chi connectivity index (χ1n) is 7.57. The van der Waals surface area contributed by atoms with E-state index in [1.54, 1.807) is 7.05 Å². The lowest BCUT2D eigenvalue weighted by molar-refractivity contribution is 0.392. The number of aryl methyl sites for hydroxylation is 2. The molecule has 0 radical (unpaired) electrons. The van der Waals surface area contributed by atoms with Crippen LogP contribution in [0.5, 0.6) is 0 Å². The largest absolute Gasteiger partial charge is 0.361 e. The molecule has 1 heterocycles. The third-order valence-corrected chi connectivity index (χ3v) is 4.16. The van der Waals surface area contributed by atoms with Crippen LogP contribution in [-0.2, 0) is 6.54 Å². The fourth-order valence-electron chi connectivity index (χ4n) is 2.84. The first-order valence-corrected chi connectivity index (χ1v) is 7.57. The molecule has 1 aliphatic rings. The van der Waals surface area contributed by atoms with Gasteiger partial charge in [-0.25, -0.2) is 0 Å². The second-order valence-corrected chi connectivity index (χ2v) is 5.59. The Morgan fingerprint density at radius 3 is 2.65 bits per heavy atom. The minimum atomic E-state index is 0.699. The average Bonchev–Trinajstić information content (AvgIpc) is 3.06. The van der Waals surface area contributed by atoms with E-state index in [-0.39, 0.29) is 0 Å². The molecule has 2 N–H and O–H groups in total. The number of nitrogens with zero attached hydrogens (tertiary/aromatic N) is 2. The third-order valence-electron chi connectivity index (χ3n) is 4.16. The summed E-state index contributed by atoms with van der Waals surface area (Å²) in [5, 5.41) is 10.7. The van der Waals surface area contributed by atoms with Gasteiger partial charge in [0.2, 0.25) is 0 Å². The van der Waals surface area contributed by atoms with E-state index in [9.17, 15) is 0 Å². The molecule has 0 unspecified atom stereocenters. The number of aromatic nitrogens is 1. The monoisotopic (exact) mass is 278 g/mol. The normalized spacial score (nSPS) is 16.6. The van der Waals surface area contributed by atoms with Gasteiger partial charge in [0, 0.05) is 25.7 Å². The molecule has 0 atom stereocenters. The fourth-order valence-corrected chi connectivity index (χ4v) is 2.84. The molecule has 2 rings (SSSR count). The molecule has 1 fully saturated rings. The molecule has 0 bridgehead atoms. The zero-order valence-corrected chi connectivity index (χ0v) is 12.8. The van der Waals surface area contributed by atoms with Crippen LogP contribution in [0.25, 0.3) is 0 Å². The summed E-state index contributed by atoms with van der Waals surface area (Å²) in [5.41, 5.74) is 2.06. The molecule has 1 aliphatic carbocycles. The molecule has 0 aliphatic heterocycles. The van der Waals surface area contributed by atoms with E-state index in [0.29, 0.717) is 6.54 Å². The van der Waals surface area contributed by atoms with Crippen LogP contribution in [0.15, 0.2) is 9.52 Å². The Hall–Kier alpha value is -1.52. The standard InChI is InChI=1S/C15H26N4O/c1-11-14(12(2)20-19-11)10-18-15(16-3)17-9-8-13-6-4-5-7-13/h13H,4-10H2,1-3H3,(H2,16,17,18). The van der Waals surface area contributed by atoms with Crippen molar-refractivity contribution in [3.05, 3.63) is 17.0 Å². The van der Waals surface area contributed by atoms with E-state index < -0.39 is 0 Å². The number of nitrogens with one attached hydrogen (secondary N) is 2. The lowest BCUT2D eigenvalue weighted by Gasteiger charge is -2.13. The van der Waals surface area contributed by atoms with Crippen molar-refractivity contribution in [1.29, 1.82) is 0 Å². The highest BCUT2D eigenvalue weighted by Crippen LogP contribution is 2.26. The fraction of sp³-hybridized carbons (Fsp3) is 0.733. The van der Waals surface area contributed by atoms with Crippen LogP contribution in [0.4, 0.5) is 0 Å². The van der Waals surface area contributed by atoms with E-state index >= 15 is 0 Å². The Bertz CT molecular complexity index is 427. The summed E-state index contributed by atoms with van der Waals surface area (Å²) < 4.78 is 5.16. The van der Waals surface area contributed by atoms with Gasteiger partial charge in [0.05, 0.1) is 5.69 Å². The molecule has 5 heteroatoms. The van der Waals surface area contributed by atoms with Crippen LogP contribution < -0.4 is 10.6 Å². The molecule has 20 heavy (non-hydrogen) atoms. The second kappa shape index (κ2) is 7.31. The van der Waals surface area contributed by atoms with Crippen LogP contribution in [0.3, 0.4) is 0 Å². The molecule has 1 aromatic rings. The van der Waals surface area contributed by atoms with Crippen molar-refractivity contribution in [1.82, 2.24) is 15.8 Å². The van der Waals surface area contributed by atoms with Gasteiger partial charge >= 0.3 is 0 Å². The molecular weight excluding hydrogens is 252 g/mol. The van der Waals surface area contributed by atoms with Crippen molar-refractivity contribution in [3.8, 4) is 0 Å². The zero-order chi connectivity index (χ0) is 14.4. The number of guanidine groups is 1. The average molecular weight is 278 g/mol. The first-order chi connectivity index (χ1) is 9.70. The number of rotatable bonds is 5. The van der Waals surface area contributed by atoms with Gasteiger partial charge in [0.15, 0.2) is 5.96 Å². The molecule has 0 saturated heterocycles. The second-order valence-electron chi connectivity index (χ2n) is 5.59. The summed E-state index contributed by atoms with van der Waals surface area (Å²) in [6, 6.07) is 0. The number of aliphatic imine (C=N–C) groups is 1. The maximum absolute atomic E-state index is 5.16. The van der Waals surface area contributed by atoms with E-state index in [1.807, 2.05) is 13.8 Å². The first kappa shape index (κ1) is 14.9. The quantitative estimate of drug-likeness (QED) is 0.642. The summed E-state index contributed by atoms with van der Waals surface area (Å²) in [6.07, 6.45) is 6.85. The maximum atomic E-state index is 5.16. The Morgan fingerprint density at radius 1 is 1.30 bits per heavy atom. The molecule has 0 aromatic carbocycles. The van der Waals surface area contributed by atoms with Crippen molar-refractivity contribution in [2.75, 3.05) is 13.6 Å². The third kappa shape index (κ3) is 3.99. The highest BCUT2D eigenvalue weighted by Gasteiger charge is 2.14. The van der Waals surface area contributed by atoms with Gasteiger partial charge in [-0.15, -0.1) is 0 Å². The van der Waals surface area contributed by atoms with E-state index in [1.165, 1.54) is 32.1 Å². The molecular formula is C15H26N4O. The molecule has 112 valence electrons. The topological polar surface area (TPSA) is 62.5 Å². The van der Waals surface area contributed by atoms with Crippen LogP contribution >= 0.6 is 0 Å². The van der Waals surface area contributed by atoms with Crippen molar-refractivity contribution < 1.29 is 4.52 Å². The molecule has 5 nitrogen and oxygen atoms in total. The van der Waals surface area contributed by atoms with E-state index in [2.05, 4.69) is 20.8 Å². The van der Waals surface area contributed by atoms with Crippen LogP contribution in [-0.4, -0.2) is 24.7 Å². The Labute approximate surface area is 121 Å². The van der Waals surface area contributed by atoms with Crippen LogP contribution in [0.1, 0.15) is 49.1 Å². The van der Waals surface area contributed by atoms with Crippen molar-refractivity contribution in [2.24, 2.45) is 10.9 Å². The SMILES string of the molecule is CN=C(NCCC1CCCC1)NCc1c(C)noc1C. The highest BCUT2D eigenvalue weighted by molar-refractivity contribution is 5.79. The number of hydrogen-bond acceptors (Lipinski definition) is 3. The van der Waals surface area contributed by atoms with Crippen molar-refractivity contribution in [3.63, 3.8) is 0 Å². The van der Waals surface area contributed by atoms with Gasteiger partial charge in [-0.1, -0.05) is 30.8 Å². The molecule has 0 spiro atoms. The predicted molar refractivity (Wildman–Crippen MR) is 80.8 cm³/mol. The summed E-state index contributed by atoms with van der Waals surface area (Å²) in [4.78, 5) is 4.25. The van der Waals surface area contributed by atoms with E-state index in [4.69, 9.17) is 4.52 Å². The summed E-state index contributed by atoms with van der Waals surface area (Å²) in [6.45, 7) is 5.59. The van der Waals surface area contributed by atoms with Gasteiger partial charge in [0.25, 0.3) is 0 Å². The predicted octanol–water partition coefficient (Wildman–Crippen LogP) is 2.54. The lowest BCUT2D eigenvalue weighted by Crippen LogP contribution is -2.37. The van der Waals surface area contributed by atoms with Crippen LogP contribution in [0, 0.1) is 19.8 Å². The van der Waals surface area contributed by atoms with E-state index in [0.717, 1.165) is 35.4 Å². The summed E-state index contributed by atoms with van der Waals surface area (Å²) in [7, 11) is 1.80. The smallest absolute Gasteiger partial charge is 0.191 e. The van der Waals surface area contributed by atoms with Gasteiger partial charge in [-0.3, -0.25) is 4.99 Å². The molecule has 1 saturated carbocycles. The van der Waals surface area contributed by atoms with Gasteiger partial charge in [-0.2, -0.15) is 0 Å². The maximum Gasteiger partial charge on any atom is 0.191 e. The van der Waals surface area contributed by atoms with Gasteiger partial charge in [0.1, 0.15) is 5.76 Å². The van der Waals surface area contributed by atoms with Gasteiger partial charge in [-0.05, 0) is 26.2 Å². The molecule has 1 aromatic heterocycles.